The van der Waals surface area contributed by atoms with Crippen LogP contribution in [0.4, 0.5) is 0 Å². The molecule has 1 heterocycles. The number of ether oxygens (including phenoxy) is 2. The van der Waals surface area contributed by atoms with E-state index in [2.05, 4.69) is 13.8 Å². The molecule has 1 atom stereocenters. The van der Waals surface area contributed by atoms with Crippen molar-refractivity contribution >= 4 is 0 Å². The van der Waals surface area contributed by atoms with Crippen molar-refractivity contribution in [3.05, 3.63) is 0 Å². The molecular formula is C16H30O3. The third-order valence-corrected chi connectivity index (χ3v) is 4.97. The van der Waals surface area contributed by atoms with E-state index in [1.165, 1.54) is 25.7 Å². The van der Waals surface area contributed by atoms with Crippen LogP contribution in [-0.4, -0.2) is 29.7 Å². The van der Waals surface area contributed by atoms with E-state index in [1.807, 2.05) is 0 Å². The summed E-state index contributed by atoms with van der Waals surface area (Å²) in [6, 6.07) is 0. The second-order valence-corrected chi connectivity index (χ2v) is 6.45. The van der Waals surface area contributed by atoms with Gasteiger partial charge in [0.05, 0.1) is 18.8 Å². The molecule has 2 fully saturated rings. The summed E-state index contributed by atoms with van der Waals surface area (Å²) in [5, 5.41) is 10.8. The average molecular weight is 270 g/mol. The van der Waals surface area contributed by atoms with Crippen LogP contribution >= 0.6 is 0 Å². The summed E-state index contributed by atoms with van der Waals surface area (Å²) in [6.45, 7) is 5.91. The number of hydrogen-bond acceptors (Lipinski definition) is 3. The molecule has 0 amide bonds. The molecule has 1 N–H and O–H groups in total. The fourth-order valence-corrected chi connectivity index (χ4v) is 3.57. The highest BCUT2D eigenvalue weighted by Gasteiger charge is 2.45. The van der Waals surface area contributed by atoms with Gasteiger partial charge >= 0.3 is 0 Å². The van der Waals surface area contributed by atoms with Gasteiger partial charge in [-0.3, -0.25) is 0 Å². The van der Waals surface area contributed by atoms with Crippen molar-refractivity contribution in [2.45, 2.75) is 83.0 Å². The standard InChI is InChI=1S/C16H30O3/c1-3-5-6-14(4-2)13-15(17)7-9-16(10-8-15)18-11-12-19-16/h14,17H,3-13H2,1-2H3. The second kappa shape index (κ2) is 6.55. The third kappa shape index (κ3) is 3.93. The predicted octanol–water partition coefficient (Wildman–Crippen LogP) is 3.64. The zero-order valence-electron chi connectivity index (χ0n) is 12.6. The van der Waals surface area contributed by atoms with Gasteiger partial charge in [-0.1, -0.05) is 39.5 Å². The highest BCUT2D eigenvalue weighted by Crippen LogP contribution is 2.43. The second-order valence-electron chi connectivity index (χ2n) is 6.45. The highest BCUT2D eigenvalue weighted by molar-refractivity contribution is 4.92. The topological polar surface area (TPSA) is 38.7 Å². The van der Waals surface area contributed by atoms with Gasteiger partial charge in [0.25, 0.3) is 0 Å². The largest absolute Gasteiger partial charge is 0.390 e. The fourth-order valence-electron chi connectivity index (χ4n) is 3.57. The first-order valence-electron chi connectivity index (χ1n) is 8.12. The van der Waals surface area contributed by atoms with Crippen LogP contribution in [0.1, 0.15) is 71.6 Å². The molecule has 19 heavy (non-hydrogen) atoms. The minimum Gasteiger partial charge on any atom is -0.390 e. The van der Waals surface area contributed by atoms with E-state index in [0.717, 1.165) is 32.1 Å². The quantitative estimate of drug-likeness (QED) is 0.801. The lowest BCUT2D eigenvalue weighted by Gasteiger charge is -2.42. The van der Waals surface area contributed by atoms with Crippen molar-refractivity contribution < 1.29 is 14.6 Å². The molecule has 1 saturated heterocycles. The third-order valence-electron chi connectivity index (χ3n) is 4.97. The van der Waals surface area contributed by atoms with Crippen LogP contribution in [0, 0.1) is 5.92 Å². The van der Waals surface area contributed by atoms with E-state index in [0.29, 0.717) is 19.1 Å². The first-order valence-corrected chi connectivity index (χ1v) is 8.12. The van der Waals surface area contributed by atoms with E-state index in [-0.39, 0.29) is 5.79 Å². The minimum atomic E-state index is -0.477. The van der Waals surface area contributed by atoms with Crippen molar-refractivity contribution in [1.82, 2.24) is 0 Å². The van der Waals surface area contributed by atoms with Crippen LogP contribution in [0.25, 0.3) is 0 Å². The summed E-state index contributed by atoms with van der Waals surface area (Å²) < 4.78 is 11.5. The smallest absolute Gasteiger partial charge is 0.168 e. The Bertz CT molecular complexity index is 261. The Morgan fingerprint density at radius 1 is 1.05 bits per heavy atom. The lowest BCUT2D eigenvalue weighted by atomic mass is 9.75. The van der Waals surface area contributed by atoms with Crippen LogP contribution in [0.15, 0.2) is 0 Å². The van der Waals surface area contributed by atoms with Gasteiger partial charge in [0, 0.05) is 12.8 Å². The van der Waals surface area contributed by atoms with Gasteiger partial charge in [0.15, 0.2) is 5.79 Å². The zero-order chi connectivity index (χ0) is 13.8. The molecule has 1 spiro atoms. The number of hydrogen-bond donors (Lipinski definition) is 1. The molecule has 2 aliphatic rings. The molecule has 1 unspecified atom stereocenters. The van der Waals surface area contributed by atoms with Crippen molar-refractivity contribution in [3.63, 3.8) is 0 Å². The minimum absolute atomic E-state index is 0.350. The fraction of sp³-hybridized carbons (Fsp3) is 1.00. The van der Waals surface area contributed by atoms with Crippen molar-refractivity contribution in [1.29, 1.82) is 0 Å². The van der Waals surface area contributed by atoms with Gasteiger partial charge < -0.3 is 14.6 Å². The summed E-state index contributed by atoms with van der Waals surface area (Å²) in [5.41, 5.74) is -0.477. The molecule has 2 rings (SSSR count). The molecule has 0 aromatic heterocycles. The summed E-state index contributed by atoms with van der Waals surface area (Å²) in [4.78, 5) is 0. The molecule has 1 aliphatic heterocycles. The number of rotatable bonds is 6. The van der Waals surface area contributed by atoms with Crippen LogP contribution in [0.3, 0.4) is 0 Å². The summed E-state index contributed by atoms with van der Waals surface area (Å²) in [6.07, 6.45) is 9.30. The van der Waals surface area contributed by atoms with E-state index in [4.69, 9.17) is 9.47 Å². The Kier molecular flexibility index (Phi) is 5.27. The molecule has 1 saturated carbocycles. The number of aliphatic hydroxyl groups is 1. The van der Waals surface area contributed by atoms with E-state index in [9.17, 15) is 5.11 Å². The Hall–Kier alpha value is -0.120. The molecule has 0 aromatic carbocycles. The first-order chi connectivity index (χ1) is 9.11. The van der Waals surface area contributed by atoms with Gasteiger partial charge in [0.2, 0.25) is 0 Å². The van der Waals surface area contributed by atoms with Gasteiger partial charge in [-0.05, 0) is 25.2 Å². The molecule has 1 aliphatic carbocycles. The SMILES string of the molecule is CCCCC(CC)CC1(O)CCC2(CC1)OCCO2. The monoisotopic (exact) mass is 270 g/mol. The predicted molar refractivity (Wildman–Crippen MR) is 76.0 cm³/mol. The van der Waals surface area contributed by atoms with Gasteiger partial charge in [-0.15, -0.1) is 0 Å². The molecule has 0 aromatic rings. The molecule has 0 radical (unpaired) electrons. The lowest BCUT2D eigenvalue weighted by molar-refractivity contribution is -0.204. The molecular weight excluding hydrogens is 240 g/mol. The Morgan fingerprint density at radius 2 is 1.68 bits per heavy atom. The summed E-state index contributed by atoms with van der Waals surface area (Å²) >= 11 is 0. The molecule has 0 bridgehead atoms. The van der Waals surface area contributed by atoms with Crippen LogP contribution in [-0.2, 0) is 9.47 Å². The highest BCUT2D eigenvalue weighted by atomic mass is 16.7. The van der Waals surface area contributed by atoms with Gasteiger partial charge in [-0.25, -0.2) is 0 Å². The van der Waals surface area contributed by atoms with Crippen molar-refractivity contribution in [2.75, 3.05) is 13.2 Å². The van der Waals surface area contributed by atoms with Crippen molar-refractivity contribution in [3.8, 4) is 0 Å². The zero-order valence-corrected chi connectivity index (χ0v) is 12.6. The Labute approximate surface area is 117 Å². The first kappa shape index (κ1) is 15.3. The maximum atomic E-state index is 10.8. The van der Waals surface area contributed by atoms with E-state index in [1.54, 1.807) is 0 Å². The lowest BCUT2D eigenvalue weighted by Crippen LogP contribution is -2.44. The molecule has 3 nitrogen and oxygen atoms in total. The molecule has 112 valence electrons. The van der Waals surface area contributed by atoms with Gasteiger partial charge in [-0.2, -0.15) is 0 Å². The van der Waals surface area contributed by atoms with Crippen LogP contribution < -0.4 is 0 Å². The van der Waals surface area contributed by atoms with Crippen LogP contribution in [0.2, 0.25) is 0 Å². The normalized spacial score (nSPS) is 26.7. The summed E-state index contributed by atoms with van der Waals surface area (Å²) in [7, 11) is 0. The summed E-state index contributed by atoms with van der Waals surface area (Å²) in [5.74, 6) is 0.321. The van der Waals surface area contributed by atoms with Crippen LogP contribution in [0.5, 0.6) is 0 Å². The van der Waals surface area contributed by atoms with E-state index < -0.39 is 5.60 Å². The molecule has 3 heteroatoms. The Balaban J connectivity index is 1.82. The maximum Gasteiger partial charge on any atom is 0.168 e. The Morgan fingerprint density at radius 3 is 2.21 bits per heavy atom. The number of unbranched alkanes of at least 4 members (excludes halogenated alkanes) is 1. The van der Waals surface area contributed by atoms with Crippen molar-refractivity contribution in [2.24, 2.45) is 5.92 Å². The maximum absolute atomic E-state index is 10.8. The average Bonchev–Trinajstić information content (AvgIpc) is 2.88. The van der Waals surface area contributed by atoms with E-state index >= 15 is 0 Å². The van der Waals surface area contributed by atoms with Gasteiger partial charge in [0.1, 0.15) is 0 Å².